The first-order valence-corrected chi connectivity index (χ1v) is 7.02. The summed E-state index contributed by atoms with van der Waals surface area (Å²) in [6.07, 6.45) is 0. The minimum atomic E-state index is -0.216. The molecule has 1 atom stereocenters. The molecule has 3 aromatic rings. The number of halogens is 1. The Bertz CT molecular complexity index is 791. The van der Waals surface area contributed by atoms with Gasteiger partial charge in [0.05, 0.1) is 6.04 Å². The summed E-state index contributed by atoms with van der Waals surface area (Å²) in [4.78, 5) is 0. The molecule has 3 heteroatoms. The average molecular weight is 283 g/mol. The predicted molar refractivity (Wildman–Crippen MR) is 83.0 cm³/mol. The summed E-state index contributed by atoms with van der Waals surface area (Å²) in [6.45, 7) is 3.97. The first-order valence-electron chi connectivity index (χ1n) is 7.02. The zero-order valence-corrected chi connectivity index (χ0v) is 12.4. The van der Waals surface area contributed by atoms with Crippen molar-refractivity contribution >= 4 is 11.0 Å². The van der Waals surface area contributed by atoms with Crippen LogP contribution in [0.3, 0.4) is 0 Å². The van der Waals surface area contributed by atoms with Crippen molar-refractivity contribution in [2.75, 3.05) is 7.05 Å². The maximum atomic E-state index is 13.3. The third kappa shape index (κ3) is 2.57. The van der Waals surface area contributed by atoms with Gasteiger partial charge in [-0.25, -0.2) is 4.39 Å². The molecule has 0 aliphatic rings. The first kappa shape index (κ1) is 13.8. The Morgan fingerprint density at radius 2 is 1.86 bits per heavy atom. The normalized spacial score (nSPS) is 12.8. The maximum absolute atomic E-state index is 13.3. The van der Waals surface area contributed by atoms with E-state index in [0.717, 1.165) is 27.9 Å². The number of hydrogen-bond acceptors (Lipinski definition) is 2. The molecule has 3 rings (SSSR count). The van der Waals surface area contributed by atoms with Crippen LogP contribution < -0.4 is 5.32 Å². The molecule has 0 aliphatic heterocycles. The molecule has 2 aromatic carbocycles. The summed E-state index contributed by atoms with van der Waals surface area (Å²) in [5.74, 6) is 0.624. The van der Waals surface area contributed by atoms with E-state index in [1.54, 1.807) is 6.07 Å². The fourth-order valence-corrected chi connectivity index (χ4v) is 2.74. The Morgan fingerprint density at radius 3 is 2.57 bits per heavy atom. The highest BCUT2D eigenvalue weighted by atomic mass is 19.1. The molecular weight excluding hydrogens is 265 g/mol. The minimum absolute atomic E-state index is 0.0849. The highest BCUT2D eigenvalue weighted by Crippen LogP contribution is 2.30. The lowest BCUT2D eigenvalue weighted by molar-refractivity contribution is 0.490. The number of rotatable bonds is 3. The molecule has 1 heterocycles. The van der Waals surface area contributed by atoms with Gasteiger partial charge in [0, 0.05) is 5.39 Å². The van der Waals surface area contributed by atoms with E-state index in [1.165, 1.54) is 11.6 Å². The minimum Gasteiger partial charge on any atom is -0.459 e. The van der Waals surface area contributed by atoms with E-state index in [4.69, 9.17) is 4.42 Å². The zero-order valence-electron chi connectivity index (χ0n) is 12.4. The Hall–Kier alpha value is -2.13. The molecule has 0 radical (unpaired) electrons. The Balaban J connectivity index is 2.09. The predicted octanol–water partition coefficient (Wildman–Crippen LogP) is 4.50. The highest BCUT2D eigenvalue weighted by Gasteiger charge is 2.19. The van der Waals surface area contributed by atoms with Crippen LogP contribution in [0.15, 0.2) is 46.9 Å². The van der Waals surface area contributed by atoms with Gasteiger partial charge in [-0.3, -0.25) is 0 Å². The number of aryl methyl sites for hydroxylation is 2. The van der Waals surface area contributed by atoms with E-state index in [0.29, 0.717) is 0 Å². The van der Waals surface area contributed by atoms with Crippen LogP contribution in [-0.2, 0) is 0 Å². The van der Waals surface area contributed by atoms with Gasteiger partial charge in [-0.15, -0.1) is 0 Å². The van der Waals surface area contributed by atoms with Crippen molar-refractivity contribution in [3.63, 3.8) is 0 Å². The maximum Gasteiger partial charge on any atom is 0.134 e. The standard InChI is InChI=1S/C18H18FNO/c1-11-4-7-16-13(8-11)10-17(21-16)18(20-3)15-6-5-14(19)9-12(15)2/h4-10,18,20H,1-3H3. The zero-order chi connectivity index (χ0) is 15.0. The summed E-state index contributed by atoms with van der Waals surface area (Å²) in [5.41, 5.74) is 4.00. The molecule has 1 N–H and O–H groups in total. The number of fused-ring (bicyclic) bond motifs is 1. The van der Waals surface area contributed by atoms with Crippen LogP contribution in [0.4, 0.5) is 4.39 Å². The van der Waals surface area contributed by atoms with E-state index in [1.807, 2.05) is 38.2 Å². The van der Waals surface area contributed by atoms with Crippen LogP contribution >= 0.6 is 0 Å². The van der Waals surface area contributed by atoms with Gasteiger partial charge >= 0.3 is 0 Å². The Labute approximate surface area is 123 Å². The molecule has 0 spiro atoms. The SMILES string of the molecule is CNC(c1cc2cc(C)ccc2o1)c1ccc(F)cc1C. The summed E-state index contributed by atoms with van der Waals surface area (Å²) < 4.78 is 19.2. The third-order valence-corrected chi connectivity index (χ3v) is 3.81. The van der Waals surface area contributed by atoms with Gasteiger partial charge in [-0.05, 0) is 62.4 Å². The quantitative estimate of drug-likeness (QED) is 0.765. The second-order valence-corrected chi connectivity index (χ2v) is 5.41. The van der Waals surface area contributed by atoms with Gasteiger partial charge in [0.25, 0.3) is 0 Å². The molecule has 0 amide bonds. The molecule has 21 heavy (non-hydrogen) atoms. The van der Waals surface area contributed by atoms with Crippen LogP contribution in [0.5, 0.6) is 0 Å². The highest BCUT2D eigenvalue weighted by molar-refractivity contribution is 5.79. The second kappa shape index (κ2) is 5.34. The molecule has 0 saturated heterocycles. The van der Waals surface area contributed by atoms with Crippen molar-refractivity contribution < 1.29 is 8.81 Å². The van der Waals surface area contributed by atoms with Gasteiger partial charge in [-0.2, -0.15) is 0 Å². The molecular formula is C18H18FNO. The largest absolute Gasteiger partial charge is 0.459 e. The average Bonchev–Trinajstić information content (AvgIpc) is 2.84. The molecule has 0 fully saturated rings. The van der Waals surface area contributed by atoms with Crippen molar-refractivity contribution in [2.24, 2.45) is 0 Å². The topological polar surface area (TPSA) is 25.2 Å². The van der Waals surface area contributed by atoms with Crippen molar-refractivity contribution in [3.05, 3.63) is 70.7 Å². The second-order valence-electron chi connectivity index (χ2n) is 5.41. The van der Waals surface area contributed by atoms with Gasteiger partial charge in [0.2, 0.25) is 0 Å². The van der Waals surface area contributed by atoms with E-state index in [9.17, 15) is 4.39 Å². The summed E-state index contributed by atoms with van der Waals surface area (Å²) in [6, 6.07) is 12.9. The van der Waals surface area contributed by atoms with Crippen molar-refractivity contribution in [2.45, 2.75) is 19.9 Å². The van der Waals surface area contributed by atoms with E-state index in [-0.39, 0.29) is 11.9 Å². The molecule has 0 aliphatic carbocycles. The lowest BCUT2D eigenvalue weighted by atomic mass is 9.99. The molecule has 1 aromatic heterocycles. The van der Waals surface area contributed by atoms with E-state index in [2.05, 4.69) is 18.3 Å². The van der Waals surface area contributed by atoms with E-state index < -0.39 is 0 Å². The molecule has 0 saturated carbocycles. The van der Waals surface area contributed by atoms with Crippen LogP contribution in [-0.4, -0.2) is 7.05 Å². The van der Waals surface area contributed by atoms with Gasteiger partial charge in [-0.1, -0.05) is 17.7 Å². The fourth-order valence-electron chi connectivity index (χ4n) is 2.74. The molecule has 0 bridgehead atoms. The van der Waals surface area contributed by atoms with Crippen molar-refractivity contribution in [1.29, 1.82) is 0 Å². The van der Waals surface area contributed by atoms with E-state index >= 15 is 0 Å². The molecule has 108 valence electrons. The number of benzene rings is 2. The summed E-state index contributed by atoms with van der Waals surface area (Å²) >= 11 is 0. The van der Waals surface area contributed by atoms with Crippen LogP contribution in [0.1, 0.15) is 28.5 Å². The lowest BCUT2D eigenvalue weighted by Gasteiger charge is -2.16. The Morgan fingerprint density at radius 1 is 1.05 bits per heavy atom. The smallest absolute Gasteiger partial charge is 0.134 e. The van der Waals surface area contributed by atoms with Crippen LogP contribution in [0.25, 0.3) is 11.0 Å². The lowest BCUT2D eigenvalue weighted by Crippen LogP contribution is -2.18. The Kier molecular flexibility index (Phi) is 3.52. The number of hydrogen-bond donors (Lipinski definition) is 1. The van der Waals surface area contributed by atoms with Gasteiger partial charge < -0.3 is 9.73 Å². The fraction of sp³-hybridized carbons (Fsp3) is 0.222. The number of furan rings is 1. The van der Waals surface area contributed by atoms with Crippen LogP contribution in [0.2, 0.25) is 0 Å². The summed E-state index contributed by atoms with van der Waals surface area (Å²) in [5, 5.41) is 4.34. The van der Waals surface area contributed by atoms with Crippen molar-refractivity contribution in [1.82, 2.24) is 5.32 Å². The third-order valence-electron chi connectivity index (χ3n) is 3.81. The molecule has 2 nitrogen and oxygen atoms in total. The van der Waals surface area contributed by atoms with Crippen LogP contribution in [0, 0.1) is 19.7 Å². The van der Waals surface area contributed by atoms with Gasteiger partial charge in [0.1, 0.15) is 17.2 Å². The monoisotopic (exact) mass is 283 g/mol. The summed E-state index contributed by atoms with van der Waals surface area (Å²) in [7, 11) is 1.88. The molecule has 1 unspecified atom stereocenters. The first-order chi connectivity index (χ1) is 10.1. The van der Waals surface area contributed by atoms with Gasteiger partial charge in [0.15, 0.2) is 0 Å². The van der Waals surface area contributed by atoms with Crippen molar-refractivity contribution in [3.8, 4) is 0 Å². The number of nitrogens with one attached hydrogen (secondary N) is 1.